The minimum absolute atomic E-state index is 0.241. The molecule has 3 heteroatoms. The van der Waals surface area contributed by atoms with E-state index in [4.69, 9.17) is 5.11 Å². The lowest BCUT2D eigenvalue weighted by Crippen LogP contribution is -1.99. The summed E-state index contributed by atoms with van der Waals surface area (Å²) in [5, 5.41) is 8.64. The van der Waals surface area contributed by atoms with Gasteiger partial charge >= 0.3 is 0 Å². The normalized spacial score (nSPS) is 10.3. The van der Waals surface area contributed by atoms with Crippen molar-refractivity contribution in [3.63, 3.8) is 0 Å². The molecule has 12 heavy (non-hydrogen) atoms. The molecule has 0 saturated heterocycles. The fourth-order valence-electron chi connectivity index (χ4n) is 1.06. The van der Waals surface area contributed by atoms with E-state index in [0.717, 1.165) is 0 Å². The molecule has 0 fully saturated rings. The van der Waals surface area contributed by atoms with Crippen molar-refractivity contribution in [1.29, 1.82) is 0 Å². The summed E-state index contributed by atoms with van der Waals surface area (Å²) in [7, 11) is 0. The van der Waals surface area contributed by atoms with Crippen molar-refractivity contribution in [3.8, 4) is 0 Å². The van der Waals surface area contributed by atoms with Crippen LogP contribution in [0.5, 0.6) is 0 Å². The average molecular weight is 172 g/mol. The summed E-state index contributed by atoms with van der Waals surface area (Å²) < 4.78 is 25.9. The molecule has 0 aliphatic heterocycles. The van der Waals surface area contributed by atoms with Gasteiger partial charge < -0.3 is 5.11 Å². The highest BCUT2D eigenvalue weighted by Crippen LogP contribution is 2.16. The largest absolute Gasteiger partial charge is 0.391 e. The van der Waals surface area contributed by atoms with Gasteiger partial charge in [0.05, 0.1) is 6.61 Å². The number of benzene rings is 1. The van der Waals surface area contributed by atoms with Gasteiger partial charge in [-0.25, -0.2) is 8.78 Å². The highest BCUT2D eigenvalue weighted by molar-refractivity contribution is 5.26. The number of hydrogen-bond acceptors (Lipinski definition) is 1. The van der Waals surface area contributed by atoms with Gasteiger partial charge in [0.2, 0.25) is 0 Å². The Balaban J connectivity index is 3.24. The lowest BCUT2D eigenvalue weighted by atomic mass is 10.1. The maximum Gasteiger partial charge on any atom is 0.134 e. The van der Waals surface area contributed by atoms with Crippen molar-refractivity contribution in [2.75, 3.05) is 0 Å². The molecule has 0 amide bonds. The highest BCUT2D eigenvalue weighted by atomic mass is 19.1. The lowest BCUT2D eigenvalue weighted by molar-refractivity contribution is 0.268. The van der Waals surface area contributed by atoms with Crippen LogP contribution in [-0.2, 0) is 13.0 Å². The van der Waals surface area contributed by atoms with Crippen molar-refractivity contribution in [2.45, 2.75) is 20.0 Å². The van der Waals surface area contributed by atoms with Crippen LogP contribution in [0.3, 0.4) is 0 Å². The van der Waals surface area contributed by atoms with Crippen LogP contribution < -0.4 is 0 Å². The van der Waals surface area contributed by atoms with Gasteiger partial charge in [0.1, 0.15) is 11.6 Å². The third kappa shape index (κ3) is 1.46. The standard InChI is InChI=1S/C9H10F2O/c1-2-6-3-4-8(10)7(5-12)9(6)11/h3-4,12H,2,5H2,1H3. The first-order valence-corrected chi connectivity index (χ1v) is 3.77. The molecular weight excluding hydrogens is 162 g/mol. The summed E-state index contributed by atoms with van der Waals surface area (Å²) in [4.78, 5) is 0. The molecule has 0 atom stereocenters. The van der Waals surface area contributed by atoms with Gasteiger partial charge in [-0.3, -0.25) is 0 Å². The third-order valence-electron chi connectivity index (χ3n) is 1.81. The number of aryl methyl sites for hydroxylation is 1. The Kier molecular flexibility index (Phi) is 2.76. The SMILES string of the molecule is CCc1ccc(F)c(CO)c1F. The molecule has 1 rings (SSSR count). The molecule has 0 bridgehead atoms. The fraction of sp³-hybridized carbons (Fsp3) is 0.333. The Labute approximate surface area is 69.7 Å². The topological polar surface area (TPSA) is 20.2 Å². The molecule has 0 spiro atoms. The first-order valence-electron chi connectivity index (χ1n) is 3.77. The summed E-state index contributed by atoms with van der Waals surface area (Å²) in [5.74, 6) is -1.31. The second-order valence-corrected chi connectivity index (χ2v) is 2.51. The summed E-state index contributed by atoms with van der Waals surface area (Å²) in [6.07, 6.45) is 0.499. The fourth-order valence-corrected chi connectivity index (χ4v) is 1.06. The molecular formula is C9H10F2O. The molecule has 0 aliphatic carbocycles. The first kappa shape index (κ1) is 9.13. The van der Waals surface area contributed by atoms with E-state index < -0.39 is 18.2 Å². The number of rotatable bonds is 2. The zero-order valence-corrected chi connectivity index (χ0v) is 6.77. The molecule has 1 aromatic rings. The Morgan fingerprint density at radius 2 is 2.00 bits per heavy atom. The van der Waals surface area contributed by atoms with Gasteiger partial charge in [-0.1, -0.05) is 13.0 Å². The Morgan fingerprint density at radius 1 is 1.33 bits per heavy atom. The molecule has 66 valence electrons. The third-order valence-corrected chi connectivity index (χ3v) is 1.81. The van der Waals surface area contributed by atoms with E-state index in [1.807, 2.05) is 0 Å². The van der Waals surface area contributed by atoms with Crippen molar-refractivity contribution in [2.24, 2.45) is 0 Å². The van der Waals surface area contributed by atoms with Crippen LogP contribution in [0, 0.1) is 11.6 Å². The van der Waals surface area contributed by atoms with Crippen LogP contribution in [0.4, 0.5) is 8.78 Å². The summed E-state index contributed by atoms with van der Waals surface area (Å²) in [6.45, 7) is 1.18. The van der Waals surface area contributed by atoms with E-state index in [-0.39, 0.29) is 5.56 Å². The van der Waals surface area contributed by atoms with Gasteiger partial charge in [0.25, 0.3) is 0 Å². The molecule has 0 aromatic heterocycles. The zero-order valence-electron chi connectivity index (χ0n) is 6.77. The molecule has 0 radical (unpaired) electrons. The monoisotopic (exact) mass is 172 g/mol. The van der Waals surface area contributed by atoms with E-state index >= 15 is 0 Å². The summed E-state index contributed by atoms with van der Waals surface area (Å²) >= 11 is 0. The van der Waals surface area contributed by atoms with Crippen LogP contribution in [0.2, 0.25) is 0 Å². The van der Waals surface area contributed by atoms with Crippen LogP contribution in [0.1, 0.15) is 18.1 Å². The van der Waals surface area contributed by atoms with Gasteiger partial charge in [-0.2, -0.15) is 0 Å². The molecule has 0 saturated carbocycles. The second kappa shape index (κ2) is 3.63. The highest BCUT2D eigenvalue weighted by Gasteiger charge is 2.10. The van der Waals surface area contributed by atoms with Crippen LogP contribution in [0.25, 0.3) is 0 Å². The van der Waals surface area contributed by atoms with Crippen molar-refractivity contribution < 1.29 is 13.9 Å². The number of halogens is 2. The average Bonchev–Trinajstić information content (AvgIpc) is 2.06. The number of aliphatic hydroxyl groups excluding tert-OH is 1. The van der Waals surface area contributed by atoms with Crippen molar-refractivity contribution in [1.82, 2.24) is 0 Å². The van der Waals surface area contributed by atoms with Gasteiger partial charge in [-0.15, -0.1) is 0 Å². The Bertz CT molecular complexity index is 284. The number of hydrogen-bond donors (Lipinski definition) is 1. The predicted octanol–water partition coefficient (Wildman–Crippen LogP) is 2.02. The molecule has 0 aliphatic rings. The number of aliphatic hydroxyl groups is 1. The molecule has 0 heterocycles. The van der Waals surface area contributed by atoms with E-state index in [1.54, 1.807) is 6.92 Å². The predicted molar refractivity (Wildman–Crippen MR) is 41.7 cm³/mol. The summed E-state index contributed by atoms with van der Waals surface area (Å²) in [5.41, 5.74) is 0.190. The minimum atomic E-state index is -0.688. The molecule has 0 unspecified atom stereocenters. The molecule has 1 N–H and O–H groups in total. The zero-order chi connectivity index (χ0) is 9.14. The Morgan fingerprint density at radius 3 is 2.50 bits per heavy atom. The van der Waals surface area contributed by atoms with Crippen molar-refractivity contribution >= 4 is 0 Å². The first-order chi connectivity index (χ1) is 5.70. The van der Waals surface area contributed by atoms with Gasteiger partial charge in [0, 0.05) is 5.56 Å². The quantitative estimate of drug-likeness (QED) is 0.723. The maximum absolute atomic E-state index is 13.1. The molecule has 1 aromatic carbocycles. The van der Waals surface area contributed by atoms with Gasteiger partial charge in [-0.05, 0) is 18.1 Å². The van der Waals surface area contributed by atoms with E-state index in [2.05, 4.69) is 0 Å². The molecule has 1 nitrogen and oxygen atoms in total. The minimum Gasteiger partial charge on any atom is -0.391 e. The van der Waals surface area contributed by atoms with Crippen LogP contribution in [0.15, 0.2) is 12.1 Å². The maximum atomic E-state index is 13.1. The smallest absolute Gasteiger partial charge is 0.134 e. The lowest BCUT2D eigenvalue weighted by Gasteiger charge is -2.04. The van der Waals surface area contributed by atoms with Crippen molar-refractivity contribution in [3.05, 3.63) is 34.9 Å². The van der Waals surface area contributed by atoms with E-state index in [0.29, 0.717) is 12.0 Å². The Hall–Kier alpha value is -0.960. The van der Waals surface area contributed by atoms with Gasteiger partial charge in [0.15, 0.2) is 0 Å². The van der Waals surface area contributed by atoms with E-state index in [9.17, 15) is 8.78 Å². The van der Waals surface area contributed by atoms with Crippen LogP contribution >= 0.6 is 0 Å². The summed E-state index contributed by atoms with van der Waals surface area (Å²) in [6, 6.07) is 2.57. The second-order valence-electron chi connectivity index (χ2n) is 2.51. The van der Waals surface area contributed by atoms with Crippen LogP contribution in [-0.4, -0.2) is 5.11 Å². The van der Waals surface area contributed by atoms with E-state index in [1.165, 1.54) is 12.1 Å².